The third-order valence-corrected chi connectivity index (χ3v) is 4.52. The molecule has 6 heteroatoms. The van der Waals surface area contributed by atoms with Crippen molar-refractivity contribution in [1.29, 1.82) is 0 Å². The Morgan fingerprint density at radius 3 is 2.33 bits per heavy atom. The number of imide groups is 1. The van der Waals surface area contributed by atoms with Crippen LogP contribution in [0.1, 0.15) is 0 Å². The standard InChI is InChI=1S/C15H11NO5/c17-14-12-9-3-4-10(21-9)13(12)15(18)16(14)7-1-2-8-11(5-7)20-6-19-8/h1-5,9-10,12-13H,6H2/t9-,10-,12-,13+/m0/s1. The second-order valence-electron chi connectivity index (χ2n) is 5.55. The lowest BCUT2D eigenvalue weighted by molar-refractivity contribution is -0.124. The van der Waals surface area contributed by atoms with Gasteiger partial charge < -0.3 is 14.2 Å². The lowest BCUT2D eigenvalue weighted by atomic mass is 9.85. The van der Waals surface area contributed by atoms with E-state index < -0.39 is 11.8 Å². The molecular formula is C15H11NO5. The van der Waals surface area contributed by atoms with Crippen LogP contribution in [-0.2, 0) is 14.3 Å². The van der Waals surface area contributed by atoms with Crippen molar-refractivity contribution in [3.63, 3.8) is 0 Å². The van der Waals surface area contributed by atoms with Crippen LogP contribution in [0.5, 0.6) is 11.5 Å². The third kappa shape index (κ3) is 1.30. The third-order valence-electron chi connectivity index (χ3n) is 4.52. The van der Waals surface area contributed by atoms with Gasteiger partial charge in [0.25, 0.3) is 0 Å². The van der Waals surface area contributed by atoms with E-state index in [1.165, 1.54) is 4.90 Å². The van der Waals surface area contributed by atoms with Crippen LogP contribution in [0.25, 0.3) is 0 Å². The van der Waals surface area contributed by atoms with Crippen LogP contribution in [0.4, 0.5) is 5.69 Å². The number of carbonyl (C=O) groups is 2. The summed E-state index contributed by atoms with van der Waals surface area (Å²) < 4.78 is 16.2. The van der Waals surface area contributed by atoms with E-state index in [0.29, 0.717) is 17.2 Å². The maximum atomic E-state index is 12.6. The number of nitrogens with zero attached hydrogens (tertiary/aromatic N) is 1. The summed E-state index contributed by atoms with van der Waals surface area (Å²) in [6.45, 7) is 0.161. The lowest BCUT2D eigenvalue weighted by Gasteiger charge is -2.17. The Labute approximate surface area is 119 Å². The first-order valence-electron chi connectivity index (χ1n) is 6.85. The van der Waals surface area contributed by atoms with Crippen LogP contribution in [0.15, 0.2) is 30.4 Å². The van der Waals surface area contributed by atoms with Gasteiger partial charge in [0.15, 0.2) is 11.5 Å². The molecular weight excluding hydrogens is 274 g/mol. The largest absolute Gasteiger partial charge is 0.454 e. The van der Waals surface area contributed by atoms with E-state index in [9.17, 15) is 9.59 Å². The first kappa shape index (κ1) is 11.3. The van der Waals surface area contributed by atoms with Gasteiger partial charge in [0, 0.05) is 6.07 Å². The lowest BCUT2D eigenvalue weighted by Crippen LogP contribution is -2.34. The van der Waals surface area contributed by atoms with Crippen molar-refractivity contribution in [2.45, 2.75) is 12.2 Å². The highest BCUT2D eigenvalue weighted by Gasteiger charge is 2.61. The van der Waals surface area contributed by atoms with Gasteiger partial charge in [-0.25, -0.2) is 4.90 Å². The maximum Gasteiger partial charge on any atom is 0.240 e. The Morgan fingerprint density at radius 1 is 0.952 bits per heavy atom. The SMILES string of the molecule is O=C1[C@@H]2[C@H](C(=O)N1c1ccc3c(c1)OCO3)[C@@H]1C=C[C@@H]2O1. The molecule has 4 heterocycles. The zero-order valence-corrected chi connectivity index (χ0v) is 10.9. The van der Waals surface area contributed by atoms with Crippen LogP contribution < -0.4 is 14.4 Å². The van der Waals surface area contributed by atoms with Crippen molar-refractivity contribution in [3.05, 3.63) is 30.4 Å². The molecule has 5 rings (SSSR count). The van der Waals surface area contributed by atoms with E-state index in [1.54, 1.807) is 18.2 Å². The number of rotatable bonds is 1. The van der Waals surface area contributed by atoms with E-state index in [1.807, 2.05) is 12.2 Å². The monoisotopic (exact) mass is 285 g/mol. The summed E-state index contributed by atoms with van der Waals surface area (Å²) in [6, 6.07) is 5.10. The normalized spacial score (nSPS) is 35.0. The quantitative estimate of drug-likeness (QED) is 0.565. The Balaban J connectivity index is 1.56. The molecule has 106 valence electrons. The van der Waals surface area contributed by atoms with Gasteiger partial charge in [0.1, 0.15) is 0 Å². The second kappa shape index (κ2) is 3.65. The second-order valence-corrected chi connectivity index (χ2v) is 5.55. The predicted octanol–water partition coefficient (Wildman–Crippen LogP) is 0.858. The van der Waals surface area contributed by atoms with E-state index >= 15 is 0 Å². The number of fused-ring (bicyclic) bond motifs is 6. The molecule has 1 aromatic carbocycles. The van der Waals surface area contributed by atoms with Gasteiger partial charge >= 0.3 is 0 Å². The summed E-state index contributed by atoms with van der Waals surface area (Å²) in [7, 11) is 0. The molecule has 2 amide bonds. The Morgan fingerprint density at radius 2 is 1.62 bits per heavy atom. The molecule has 2 saturated heterocycles. The average Bonchev–Trinajstić information content (AvgIpc) is 3.22. The fourth-order valence-corrected chi connectivity index (χ4v) is 3.58. The summed E-state index contributed by atoms with van der Waals surface area (Å²) in [5.74, 6) is 0.0166. The summed E-state index contributed by atoms with van der Waals surface area (Å²) in [4.78, 5) is 26.5. The number of hydrogen-bond donors (Lipinski definition) is 0. The highest BCUT2D eigenvalue weighted by molar-refractivity contribution is 6.23. The Kier molecular flexibility index (Phi) is 1.97. The minimum absolute atomic E-state index is 0.161. The van der Waals surface area contributed by atoms with Gasteiger partial charge in [-0.15, -0.1) is 0 Å². The molecule has 0 aliphatic carbocycles. The zero-order valence-electron chi connectivity index (χ0n) is 10.9. The first-order valence-corrected chi connectivity index (χ1v) is 6.85. The van der Waals surface area contributed by atoms with E-state index in [-0.39, 0.29) is 30.8 Å². The Hall–Kier alpha value is -2.34. The summed E-state index contributed by atoms with van der Waals surface area (Å²) in [5.41, 5.74) is 0.531. The van der Waals surface area contributed by atoms with Crippen molar-refractivity contribution >= 4 is 17.5 Å². The van der Waals surface area contributed by atoms with Crippen molar-refractivity contribution in [1.82, 2.24) is 0 Å². The van der Waals surface area contributed by atoms with E-state index in [2.05, 4.69) is 0 Å². The van der Waals surface area contributed by atoms with Gasteiger partial charge in [-0.1, -0.05) is 12.2 Å². The molecule has 1 aromatic rings. The number of amides is 2. The van der Waals surface area contributed by atoms with Gasteiger partial charge in [-0.2, -0.15) is 0 Å². The molecule has 0 aromatic heterocycles. The van der Waals surface area contributed by atoms with E-state index in [4.69, 9.17) is 14.2 Å². The molecule has 21 heavy (non-hydrogen) atoms. The molecule has 4 aliphatic heterocycles. The van der Waals surface area contributed by atoms with Crippen LogP contribution in [0.3, 0.4) is 0 Å². The molecule has 0 N–H and O–H groups in total. The Bertz CT molecular complexity index is 682. The van der Waals surface area contributed by atoms with Gasteiger partial charge in [0.05, 0.1) is 29.7 Å². The van der Waals surface area contributed by atoms with Crippen molar-refractivity contribution in [2.75, 3.05) is 11.7 Å². The zero-order chi connectivity index (χ0) is 14.1. The molecule has 6 nitrogen and oxygen atoms in total. The molecule has 0 saturated carbocycles. The number of carbonyl (C=O) groups excluding carboxylic acids is 2. The summed E-state index contributed by atoms with van der Waals surface area (Å²) in [6.07, 6.45) is 3.21. The molecule has 2 bridgehead atoms. The van der Waals surface area contributed by atoms with Gasteiger partial charge in [-0.3, -0.25) is 9.59 Å². The van der Waals surface area contributed by atoms with Crippen LogP contribution in [0.2, 0.25) is 0 Å². The topological polar surface area (TPSA) is 65.1 Å². The van der Waals surface area contributed by atoms with Gasteiger partial charge in [0.2, 0.25) is 18.6 Å². The predicted molar refractivity (Wildman–Crippen MR) is 69.8 cm³/mol. The van der Waals surface area contributed by atoms with Crippen LogP contribution in [-0.4, -0.2) is 30.8 Å². The number of benzene rings is 1. The number of anilines is 1. The summed E-state index contributed by atoms with van der Waals surface area (Å²) >= 11 is 0. The number of ether oxygens (including phenoxy) is 3. The first-order chi connectivity index (χ1) is 10.2. The van der Waals surface area contributed by atoms with E-state index in [0.717, 1.165) is 0 Å². The molecule has 2 fully saturated rings. The molecule has 4 aliphatic rings. The number of hydrogen-bond acceptors (Lipinski definition) is 5. The molecule has 0 unspecified atom stereocenters. The van der Waals surface area contributed by atoms with Gasteiger partial charge in [-0.05, 0) is 12.1 Å². The highest BCUT2D eigenvalue weighted by atomic mass is 16.7. The average molecular weight is 285 g/mol. The molecule has 0 spiro atoms. The summed E-state index contributed by atoms with van der Waals surface area (Å²) in [5, 5.41) is 0. The van der Waals surface area contributed by atoms with Crippen molar-refractivity contribution in [3.8, 4) is 11.5 Å². The molecule has 4 atom stereocenters. The molecule has 0 radical (unpaired) electrons. The maximum absolute atomic E-state index is 12.6. The fourth-order valence-electron chi connectivity index (χ4n) is 3.58. The van der Waals surface area contributed by atoms with Crippen molar-refractivity contribution in [2.24, 2.45) is 11.8 Å². The van der Waals surface area contributed by atoms with Crippen molar-refractivity contribution < 1.29 is 23.8 Å². The minimum atomic E-state index is -0.391. The highest BCUT2D eigenvalue weighted by Crippen LogP contribution is 2.47. The van der Waals surface area contributed by atoms with Crippen LogP contribution in [0, 0.1) is 11.8 Å². The smallest absolute Gasteiger partial charge is 0.240 e. The minimum Gasteiger partial charge on any atom is -0.454 e. The van der Waals surface area contributed by atoms with Crippen LogP contribution >= 0.6 is 0 Å². The fraction of sp³-hybridized carbons (Fsp3) is 0.333.